The molecule has 6 heteroatoms. The van der Waals surface area contributed by atoms with Crippen molar-refractivity contribution in [3.63, 3.8) is 0 Å². The van der Waals surface area contributed by atoms with Gasteiger partial charge in [0, 0.05) is 25.1 Å². The first-order valence-electron chi connectivity index (χ1n) is 7.78. The van der Waals surface area contributed by atoms with Gasteiger partial charge < -0.3 is 10.6 Å². The van der Waals surface area contributed by atoms with Crippen molar-refractivity contribution in [1.29, 1.82) is 0 Å². The third-order valence-corrected chi connectivity index (χ3v) is 3.22. The number of hydrogen-bond acceptors (Lipinski definition) is 4. The second-order valence-corrected chi connectivity index (χ2v) is 5.21. The van der Waals surface area contributed by atoms with Gasteiger partial charge in [-0.25, -0.2) is 4.98 Å². The molecule has 0 unspecified atom stereocenters. The number of anilines is 2. The zero-order chi connectivity index (χ0) is 18.9. The van der Waals surface area contributed by atoms with E-state index in [9.17, 15) is 9.59 Å². The van der Waals surface area contributed by atoms with Crippen LogP contribution in [-0.4, -0.2) is 29.6 Å². The Bertz CT molecular complexity index is 919. The normalized spacial score (nSPS) is 10.3. The maximum atomic E-state index is 12.4. The lowest BCUT2D eigenvalue weighted by molar-refractivity contribution is -0.114. The van der Waals surface area contributed by atoms with Crippen molar-refractivity contribution < 1.29 is 9.59 Å². The van der Waals surface area contributed by atoms with Crippen LogP contribution in [0.4, 0.5) is 11.5 Å². The molecule has 0 aliphatic heterocycles. The molecule has 0 saturated carbocycles. The molecule has 130 valence electrons. The number of benzene rings is 1. The Hall–Kier alpha value is -3.72. The third-order valence-electron chi connectivity index (χ3n) is 3.22. The number of hydrogen-bond donors (Lipinski definition) is 2. The fourth-order valence-electron chi connectivity index (χ4n) is 2.00. The van der Waals surface area contributed by atoms with Crippen LogP contribution in [0, 0.1) is 11.8 Å². The van der Waals surface area contributed by atoms with Gasteiger partial charge in [0.05, 0.1) is 11.9 Å². The summed E-state index contributed by atoms with van der Waals surface area (Å²) in [5, 5.41) is 5.31. The first-order chi connectivity index (χ1) is 12.5. The van der Waals surface area contributed by atoms with E-state index in [1.165, 1.54) is 13.1 Å². The summed E-state index contributed by atoms with van der Waals surface area (Å²) in [4.78, 5) is 31.4. The van der Waals surface area contributed by atoms with E-state index in [4.69, 9.17) is 0 Å². The summed E-state index contributed by atoms with van der Waals surface area (Å²) in [5.41, 5.74) is 2.26. The molecule has 2 aromatic rings. The summed E-state index contributed by atoms with van der Waals surface area (Å²) in [6.45, 7) is 5.03. The first kappa shape index (κ1) is 18.6. The molecule has 2 rings (SSSR count). The van der Waals surface area contributed by atoms with Gasteiger partial charge in [-0.15, -0.1) is 0 Å². The van der Waals surface area contributed by atoms with Crippen molar-refractivity contribution in [2.75, 3.05) is 17.7 Å². The van der Waals surface area contributed by atoms with Gasteiger partial charge in [-0.1, -0.05) is 18.6 Å². The topological polar surface area (TPSA) is 83.5 Å². The summed E-state index contributed by atoms with van der Waals surface area (Å²) in [6, 6.07) is 10.2. The van der Waals surface area contributed by atoms with E-state index in [-0.39, 0.29) is 11.8 Å². The largest absolute Gasteiger partial charge is 0.321 e. The highest BCUT2D eigenvalue weighted by Crippen LogP contribution is 2.12. The SMILES string of the molecule is C=CC(C#Cc1cccc(C(=O)Nc2ccc(NC(C)=O)nc2)c1)=NC. The highest BCUT2D eigenvalue weighted by atomic mass is 16.2. The molecular weight excluding hydrogens is 328 g/mol. The van der Waals surface area contributed by atoms with E-state index < -0.39 is 0 Å². The standard InChI is InChI=1S/C20H18N4O2/c1-4-17(21-3)9-8-15-6-5-7-16(12-15)20(26)24-18-10-11-19(22-13-18)23-14(2)25/h4-7,10-13H,1H2,2-3H3,(H,24,26)(H,22,23,25). The Morgan fingerprint density at radius 2 is 2.04 bits per heavy atom. The number of amides is 2. The van der Waals surface area contributed by atoms with Gasteiger partial charge in [-0.05, 0) is 42.3 Å². The van der Waals surface area contributed by atoms with Crippen LogP contribution in [0.15, 0.2) is 60.2 Å². The van der Waals surface area contributed by atoms with E-state index in [0.717, 1.165) is 0 Å². The van der Waals surface area contributed by atoms with Gasteiger partial charge in [0.1, 0.15) is 11.5 Å². The number of allylic oxidation sites excluding steroid dienone is 1. The van der Waals surface area contributed by atoms with Gasteiger partial charge in [0.25, 0.3) is 5.91 Å². The second kappa shape index (κ2) is 8.94. The highest BCUT2D eigenvalue weighted by Gasteiger charge is 2.07. The molecule has 0 fully saturated rings. The van der Waals surface area contributed by atoms with Crippen molar-refractivity contribution >= 4 is 29.0 Å². The van der Waals surface area contributed by atoms with Crippen molar-refractivity contribution in [2.24, 2.45) is 4.99 Å². The number of carbonyl (C=O) groups is 2. The Morgan fingerprint density at radius 3 is 2.65 bits per heavy atom. The molecule has 2 amide bonds. The lowest BCUT2D eigenvalue weighted by Gasteiger charge is -2.06. The summed E-state index contributed by atoms with van der Waals surface area (Å²) in [6.07, 6.45) is 3.04. The number of rotatable bonds is 4. The Balaban J connectivity index is 2.11. The molecule has 0 spiro atoms. The fraction of sp³-hybridized carbons (Fsp3) is 0.100. The van der Waals surface area contributed by atoms with Crippen LogP contribution < -0.4 is 10.6 Å². The van der Waals surface area contributed by atoms with E-state index in [2.05, 4.69) is 39.0 Å². The predicted octanol–water partition coefficient (Wildman–Crippen LogP) is 2.90. The lowest BCUT2D eigenvalue weighted by atomic mass is 10.1. The minimum absolute atomic E-state index is 0.208. The van der Waals surface area contributed by atoms with Gasteiger partial charge in [0.15, 0.2) is 0 Å². The van der Waals surface area contributed by atoms with Gasteiger partial charge >= 0.3 is 0 Å². The summed E-state index contributed by atoms with van der Waals surface area (Å²) >= 11 is 0. The van der Waals surface area contributed by atoms with E-state index in [1.807, 2.05) is 6.07 Å². The van der Waals surface area contributed by atoms with Gasteiger partial charge in [0.2, 0.25) is 5.91 Å². The molecule has 0 aliphatic rings. The Morgan fingerprint density at radius 1 is 1.23 bits per heavy atom. The summed E-state index contributed by atoms with van der Waals surface area (Å²) in [5.74, 6) is 5.76. The average Bonchev–Trinajstić information content (AvgIpc) is 2.64. The van der Waals surface area contributed by atoms with Crippen LogP contribution in [0.1, 0.15) is 22.8 Å². The van der Waals surface area contributed by atoms with E-state index in [1.54, 1.807) is 43.5 Å². The summed E-state index contributed by atoms with van der Waals surface area (Å²) < 4.78 is 0. The molecule has 26 heavy (non-hydrogen) atoms. The predicted molar refractivity (Wildman–Crippen MR) is 103 cm³/mol. The number of nitrogens with zero attached hydrogens (tertiary/aromatic N) is 2. The average molecular weight is 346 g/mol. The molecule has 2 N–H and O–H groups in total. The number of aliphatic imine (C=N–C) groups is 1. The fourth-order valence-corrected chi connectivity index (χ4v) is 2.00. The molecule has 1 heterocycles. The molecule has 0 saturated heterocycles. The summed E-state index contributed by atoms with van der Waals surface area (Å²) in [7, 11) is 1.64. The maximum Gasteiger partial charge on any atom is 0.255 e. The number of pyridine rings is 1. The minimum atomic E-state index is -0.282. The van der Waals surface area contributed by atoms with Gasteiger partial charge in [-0.3, -0.25) is 14.6 Å². The third kappa shape index (κ3) is 5.42. The van der Waals surface area contributed by atoms with E-state index >= 15 is 0 Å². The zero-order valence-corrected chi connectivity index (χ0v) is 14.5. The van der Waals surface area contributed by atoms with Crippen LogP contribution in [0.5, 0.6) is 0 Å². The van der Waals surface area contributed by atoms with E-state index in [0.29, 0.717) is 28.3 Å². The van der Waals surface area contributed by atoms with Crippen LogP contribution in [0.3, 0.4) is 0 Å². The molecular formula is C20H18N4O2. The molecule has 0 bridgehead atoms. The van der Waals surface area contributed by atoms with Crippen molar-refractivity contribution in [3.05, 3.63) is 66.4 Å². The van der Waals surface area contributed by atoms with Crippen LogP contribution in [0.2, 0.25) is 0 Å². The first-order valence-corrected chi connectivity index (χ1v) is 7.78. The zero-order valence-electron chi connectivity index (χ0n) is 14.5. The van der Waals surface area contributed by atoms with Crippen molar-refractivity contribution in [1.82, 2.24) is 4.98 Å². The lowest BCUT2D eigenvalue weighted by Crippen LogP contribution is -2.13. The molecule has 0 atom stereocenters. The minimum Gasteiger partial charge on any atom is -0.321 e. The van der Waals surface area contributed by atoms with Crippen molar-refractivity contribution in [3.8, 4) is 11.8 Å². The highest BCUT2D eigenvalue weighted by molar-refractivity contribution is 6.08. The monoisotopic (exact) mass is 346 g/mol. The quantitative estimate of drug-likeness (QED) is 0.659. The number of aromatic nitrogens is 1. The smallest absolute Gasteiger partial charge is 0.255 e. The van der Waals surface area contributed by atoms with Crippen LogP contribution >= 0.6 is 0 Å². The molecule has 0 aliphatic carbocycles. The maximum absolute atomic E-state index is 12.4. The van der Waals surface area contributed by atoms with Crippen LogP contribution in [-0.2, 0) is 4.79 Å². The number of carbonyl (C=O) groups excluding carboxylic acids is 2. The second-order valence-electron chi connectivity index (χ2n) is 5.21. The molecule has 0 radical (unpaired) electrons. The molecule has 6 nitrogen and oxygen atoms in total. The Labute approximate surface area is 152 Å². The molecule has 1 aromatic carbocycles. The van der Waals surface area contributed by atoms with Crippen molar-refractivity contribution in [2.45, 2.75) is 6.92 Å². The number of nitrogens with one attached hydrogen (secondary N) is 2. The van der Waals surface area contributed by atoms with Gasteiger partial charge in [-0.2, -0.15) is 0 Å². The Kier molecular flexibility index (Phi) is 6.40. The molecule has 1 aromatic heterocycles. The van der Waals surface area contributed by atoms with Crippen LogP contribution in [0.25, 0.3) is 0 Å².